The van der Waals surface area contributed by atoms with Gasteiger partial charge in [0.2, 0.25) is 0 Å². The van der Waals surface area contributed by atoms with Gasteiger partial charge >= 0.3 is 157 Å². The van der Waals surface area contributed by atoms with Crippen LogP contribution in [0.5, 0.6) is 0 Å². The van der Waals surface area contributed by atoms with Crippen molar-refractivity contribution < 1.29 is 45.5 Å². The number of halogens is 2. The van der Waals surface area contributed by atoms with Gasteiger partial charge in [0.1, 0.15) is 0 Å². The molecule has 0 saturated heterocycles. The standard InChI is InChI=1S/C21H23N2.2ClH.Ti/c1-23(2)16-17-12-13-18(14-17)21-11-7-6-8-19(21)15-22-20-9-4-3-5-10-20;;;/h3-12,14H,13,15-16H2,1-2H3;2*1H;/q-1;;;+3/p-2. The Morgan fingerprint density at radius 3 is 2.23 bits per heavy atom. The third kappa shape index (κ3) is 6.01. The van der Waals surface area contributed by atoms with E-state index >= 15 is 0 Å². The Bertz CT molecular complexity index is 758. The maximum atomic E-state index is 2.36. The first-order valence-corrected chi connectivity index (χ1v) is 9.00. The first-order chi connectivity index (χ1) is 11.6. The molecule has 0 spiro atoms. The zero-order valence-corrected chi connectivity index (χ0v) is 18.2. The fraction of sp³-hybridized carbons (Fsp3) is 0.238. The Labute approximate surface area is 181 Å². The molecule has 0 fully saturated rings. The molecule has 135 valence electrons. The fourth-order valence-electron chi connectivity index (χ4n) is 3.09. The molecule has 0 unspecified atom stereocenters. The topological polar surface area (TPSA) is 6.48 Å². The van der Waals surface area contributed by atoms with E-state index in [2.05, 4.69) is 110 Å². The molecule has 0 aliphatic heterocycles. The molecular formula is C21H23Cl2N2Ti. The SMILES string of the molecule is CN(C)CC1=CCC(c2ccccc2C[N]([Ti+2])c2ccccc2)=C1.[Cl-].[Cl-]. The number of likely N-dealkylation sites (N-methyl/N-ethyl adjacent to an activating group) is 1. The minimum Gasteiger partial charge on any atom is -1.00 e. The van der Waals surface area contributed by atoms with Crippen LogP contribution in [0.2, 0.25) is 0 Å². The molecule has 0 radical (unpaired) electrons. The van der Waals surface area contributed by atoms with Crippen molar-refractivity contribution in [2.45, 2.75) is 13.0 Å². The summed E-state index contributed by atoms with van der Waals surface area (Å²) in [5, 5.41) is 0. The summed E-state index contributed by atoms with van der Waals surface area (Å²) in [6, 6.07) is 19.4. The molecule has 0 aromatic heterocycles. The van der Waals surface area contributed by atoms with Gasteiger partial charge in [0.05, 0.1) is 0 Å². The zero-order chi connectivity index (χ0) is 16.9. The molecule has 1 aliphatic carbocycles. The number of nitrogens with zero attached hydrogens (tertiary/aromatic N) is 2. The Kier molecular flexibility index (Phi) is 9.70. The van der Waals surface area contributed by atoms with E-state index in [1.807, 2.05) is 0 Å². The van der Waals surface area contributed by atoms with Gasteiger partial charge in [0, 0.05) is 0 Å². The van der Waals surface area contributed by atoms with Crippen LogP contribution in [0.15, 0.2) is 72.3 Å². The van der Waals surface area contributed by atoms with Crippen molar-refractivity contribution in [2.75, 3.05) is 24.0 Å². The van der Waals surface area contributed by atoms with Crippen LogP contribution in [0.4, 0.5) is 5.69 Å². The average Bonchev–Trinajstić information content (AvgIpc) is 3.03. The van der Waals surface area contributed by atoms with Crippen molar-refractivity contribution >= 4 is 11.3 Å². The van der Waals surface area contributed by atoms with Crippen LogP contribution < -0.4 is 28.2 Å². The van der Waals surface area contributed by atoms with Crippen molar-refractivity contribution in [3.05, 3.63) is 83.4 Å². The van der Waals surface area contributed by atoms with Crippen LogP contribution in [0.1, 0.15) is 17.5 Å². The molecule has 0 atom stereocenters. The van der Waals surface area contributed by atoms with Crippen LogP contribution >= 0.6 is 0 Å². The van der Waals surface area contributed by atoms with Gasteiger partial charge < -0.3 is 24.8 Å². The van der Waals surface area contributed by atoms with E-state index in [1.54, 1.807) is 0 Å². The van der Waals surface area contributed by atoms with Gasteiger partial charge in [-0.05, 0) is 0 Å². The number of benzene rings is 2. The summed E-state index contributed by atoms with van der Waals surface area (Å²) in [4.78, 5) is 2.22. The Balaban J connectivity index is 0.00000169. The maximum absolute atomic E-state index is 2.36. The number of anilines is 1. The quantitative estimate of drug-likeness (QED) is 0.520. The molecule has 26 heavy (non-hydrogen) atoms. The summed E-state index contributed by atoms with van der Waals surface area (Å²) in [6.45, 7) is 1.93. The van der Waals surface area contributed by atoms with E-state index in [9.17, 15) is 0 Å². The van der Waals surface area contributed by atoms with Gasteiger partial charge in [-0.3, -0.25) is 0 Å². The molecule has 0 saturated carbocycles. The fourth-order valence-corrected chi connectivity index (χ4v) is 3.59. The maximum Gasteiger partial charge on any atom is -1.00 e. The van der Waals surface area contributed by atoms with Gasteiger partial charge in [-0.1, -0.05) is 0 Å². The summed E-state index contributed by atoms with van der Waals surface area (Å²) in [5.74, 6) is 0. The molecule has 0 N–H and O–H groups in total. The van der Waals surface area contributed by atoms with Crippen molar-refractivity contribution in [3.63, 3.8) is 0 Å². The van der Waals surface area contributed by atoms with Crippen LogP contribution in [0.25, 0.3) is 5.57 Å². The summed E-state index contributed by atoms with van der Waals surface area (Å²) in [5.41, 5.74) is 6.86. The molecule has 1 aliphatic rings. The summed E-state index contributed by atoms with van der Waals surface area (Å²) >= 11 is 2.16. The Morgan fingerprint density at radius 2 is 1.54 bits per heavy atom. The average molecular weight is 422 g/mol. The summed E-state index contributed by atoms with van der Waals surface area (Å²) < 4.78 is 2.31. The van der Waals surface area contributed by atoms with E-state index in [1.165, 1.54) is 28.0 Å². The minimum atomic E-state index is 0. The first-order valence-electron chi connectivity index (χ1n) is 8.30. The smallest absolute Gasteiger partial charge is 1.00 e. The number of allylic oxidation sites excluding steroid dienone is 2. The largest absolute Gasteiger partial charge is 1.00 e. The third-order valence-electron chi connectivity index (χ3n) is 4.20. The van der Waals surface area contributed by atoms with Crippen molar-refractivity contribution in [3.8, 4) is 0 Å². The van der Waals surface area contributed by atoms with Crippen LogP contribution in [-0.2, 0) is 27.2 Å². The number of hydrogen-bond donors (Lipinski definition) is 0. The molecule has 2 aromatic carbocycles. The molecule has 3 rings (SSSR count). The molecule has 2 aromatic rings. The van der Waals surface area contributed by atoms with Crippen LogP contribution in [0, 0.1) is 0 Å². The van der Waals surface area contributed by atoms with E-state index < -0.39 is 0 Å². The van der Waals surface area contributed by atoms with Crippen LogP contribution in [-0.4, -0.2) is 25.5 Å². The minimum absolute atomic E-state index is 0. The van der Waals surface area contributed by atoms with E-state index in [4.69, 9.17) is 0 Å². The van der Waals surface area contributed by atoms with Gasteiger partial charge in [0.25, 0.3) is 0 Å². The number of rotatable bonds is 6. The number of para-hydroxylation sites is 1. The zero-order valence-electron chi connectivity index (χ0n) is 15.1. The molecule has 5 heteroatoms. The molecular weight excluding hydrogens is 399 g/mol. The molecule has 0 amide bonds. The third-order valence-corrected chi connectivity index (χ3v) is 4.85. The first kappa shape index (κ1) is 23.0. The second kappa shape index (κ2) is 11.0. The predicted molar refractivity (Wildman–Crippen MR) is 98.3 cm³/mol. The van der Waals surface area contributed by atoms with Crippen LogP contribution in [0.3, 0.4) is 0 Å². The Morgan fingerprint density at radius 1 is 0.885 bits per heavy atom. The van der Waals surface area contributed by atoms with E-state index in [0.717, 1.165) is 19.5 Å². The van der Waals surface area contributed by atoms with Crippen molar-refractivity contribution in [1.29, 1.82) is 0 Å². The second-order valence-electron chi connectivity index (χ2n) is 6.47. The monoisotopic (exact) mass is 421 g/mol. The predicted octanol–water partition coefficient (Wildman–Crippen LogP) is -1.56. The summed E-state index contributed by atoms with van der Waals surface area (Å²) in [7, 11) is 4.24. The second-order valence-corrected chi connectivity index (χ2v) is 7.31. The summed E-state index contributed by atoms with van der Waals surface area (Å²) in [6.07, 6.45) is 5.75. The van der Waals surface area contributed by atoms with E-state index in [-0.39, 0.29) is 24.8 Å². The van der Waals surface area contributed by atoms with Gasteiger partial charge in [0.15, 0.2) is 0 Å². The molecule has 0 heterocycles. The van der Waals surface area contributed by atoms with E-state index in [0.29, 0.717) is 0 Å². The van der Waals surface area contributed by atoms with Crippen molar-refractivity contribution in [1.82, 2.24) is 4.90 Å². The molecule has 0 bridgehead atoms. The normalized spacial score (nSPS) is 12.8. The van der Waals surface area contributed by atoms with Gasteiger partial charge in [-0.25, -0.2) is 0 Å². The van der Waals surface area contributed by atoms with Crippen molar-refractivity contribution in [2.24, 2.45) is 0 Å². The number of hydrogen-bond acceptors (Lipinski definition) is 2. The molecule has 2 nitrogen and oxygen atoms in total. The van der Waals surface area contributed by atoms with Gasteiger partial charge in [-0.2, -0.15) is 0 Å². The Hall–Kier alpha value is -1.03. The van der Waals surface area contributed by atoms with Gasteiger partial charge in [-0.15, -0.1) is 0 Å².